The smallest absolute Gasteiger partial charge is 0.222 e. The summed E-state index contributed by atoms with van der Waals surface area (Å²) >= 11 is 1.76. The Morgan fingerprint density at radius 3 is 3.05 bits per heavy atom. The quantitative estimate of drug-likeness (QED) is 0.870. The lowest BCUT2D eigenvalue weighted by Gasteiger charge is -2.32. The number of nitrogens with zero attached hydrogens (tertiary/aromatic N) is 4. The first-order valence-corrected chi connectivity index (χ1v) is 8.62. The Labute approximate surface area is 135 Å². The summed E-state index contributed by atoms with van der Waals surface area (Å²) in [6, 6.07) is 1.98. The summed E-state index contributed by atoms with van der Waals surface area (Å²) in [5.41, 5.74) is 1.11. The number of amides is 1. The Bertz CT molecular complexity index is 648. The zero-order valence-corrected chi connectivity index (χ0v) is 14.0. The van der Waals surface area contributed by atoms with Crippen LogP contribution in [0.25, 0.3) is 0 Å². The van der Waals surface area contributed by atoms with Gasteiger partial charge in [0.2, 0.25) is 5.91 Å². The summed E-state index contributed by atoms with van der Waals surface area (Å²) in [7, 11) is 1.92. The number of carbonyl (C=O) groups is 1. The standard InChI is InChI=1S/C16H22N4OS/c1-12-10-17-16(22-12)13-4-3-9-20(11-13)15(21)6-5-14-7-8-18-19(14)2/h7-8,10,13H,3-6,9,11H2,1-2H3/t13-/m1/s1. The van der Waals surface area contributed by atoms with Gasteiger partial charge in [0.15, 0.2) is 0 Å². The Kier molecular flexibility index (Phi) is 4.57. The first-order chi connectivity index (χ1) is 10.6. The Morgan fingerprint density at radius 2 is 2.36 bits per heavy atom. The van der Waals surface area contributed by atoms with Crippen LogP contribution in [-0.4, -0.2) is 38.7 Å². The normalized spacial score (nSPS) is 18.6. The van der Waals surface area contributed by atoms with Crippen molar-refractivity contribution in [3.8, 4) is 0 Å². The lowest BCUT2D eigenvalue weighted by molar-refractivity contribution is -0.132. The van der Waals surface area contributed by atoms with Crippen LogP contribution < -0.4 is 0 Å². The van der Waals surface area contributed by atoms with Gasteiger partial charge in [0.25, 0.3) is 0 Å². The van der Waals surface area contributed by atoms with Gasteiger partial charge in [-0.2, -0.15) is 5.10 Å². The highest BCUT2D eigenvalue weighted by Crippen LogP contribution is 2.30. The van der Waals surface area contributed by atoms with Crippen molar-refractivity contribution in [2.24, 2.45) is 7.05 Å². The zero-order valence-electron chi connectivity index (χ0n) is 13.2. The van der Waals surface area contributed by atoms with Crippen LogP contribution in [0.5, 0.6) is 0 Å². The van der Waals surface area contributed by atoms with Gasteiger partial charge < -0.3 is 4.90 Å². The molecular formula is C16H22N4OS. The van der Waals surface area contributed by atoms with Gasteiger partial charge >= 0.3 is 0 Å². The second kappa shape index (κ2) is 6.60. The number of thiazole rings is 1. The molecule has 2 aromatic heterocycles. The van der Waals surface area contributed by atoms with Crippen LogP contribution in [0.2, 0.25) is 0 Å². The van der Waals surface area contributed by atoms with Gasteiger partial charge in [-0.25, -0.2) is 4.98 Å². The second-order valence-electron chi connectivity index (χ2n) is 5.93. The molecule has 1 saturated heterocycles. The molecule has 0 saturated carbocycles. The van der Waals surface area contributed by atoms with Crippen molar-refractivity contribution in [1.29, 1.82) is 0 Å². The topological polar surface area (TPSA) is 51.0 Å². The van der Waals surface area contributed by atoms with Crippen molar-refractivity contribution in [1.82, 2.24) is 19.7 Å². The van der Waals surface area contributed by atoms with Crippen LogP contribution in [0.15, 0.2) is 18.5 Å². The van der Waals surface area contributed by atoms with E-state index in [1.165, 1.54) is 9.88 Å². The minimum atomic E-state index is 0.249. The summed E-state index contributed by atoms with van der Waals surface area (Å²) in [5.74, 6) is 0.660. The van der Waals surface area contributed by atoms with Crippen molar-refractivity contribution in [2.45, 2.75) is 38.5 Å². The number of rotatable bonds is 4. The Balaban J connectivity index is 1.57. The molecule has 0 spiro atoms. The molecule has 1 aliphatic heterocycles. The van der Waals surface area contributed by atoms with Crippen molar-refractivity contribution >= 4 is 17.2 Å². The van der Waals surface area contributed by atoms with Gasteiger partial charge in [-0.05, 0) is 32.3 Å². The number of aromatic nitrogens is 3. The molecule has 2 aromatic rings. The van der Waals surface area contributed by atoms with E-state index in [-0.39, 0.29) is 5.91 Å². The molecule has 3 rings (SSSR count). The van der Waals surface area contributed by atoms with Gasteiger partial charge in [-0.3, -0.25) is 9.48 Å². The van der Waals surface area contributed by atoms with E-state index in [9.17, 15) is 4.79 Å². The number of carbonyl (C=O) groups excluding carboxylic acids is 1. The first kappa shape index (κ1) is 15.2. The second-order valence-corrected chi connectivity index (χ2v) is 7.20. The van der Waals surface area contributed by atoms with E-state index in [0.717, 1.165) is 38.0 Å². The van der Waals surface area contributed by atoms with Crippen LogP contribution in [0.3, 0.4) is 0 Å². The minimum absolute atomic E-state index is 0.249. The molecule has 118 valence electrons. The van der Waals surface area contributed by atoms with Crippen LogP contribution in [-0.2, 0) is 18.3 Å². The molecule has 0 radical (unpaired) electrons. The fraction of sp³-hybridized carbons (Fsp3) is 0.562. The number of aryl methyl sites for hydroxylation is 3. The molecule has 1 amide bonds. The van der Waals surface area contributed by atoms with Crippen LogP contribution in [0, 0.1) is 6.92 Å². The predicted octanol–water partition coefficient (Wildman–Crippen LogP) is 2.52. The highest BCUT2D eigenvalue weighted by atomic mass is 32.1. The van der Waals surface area contributed by atoms with Crippen LogP contribution in [0.1, 0.15) is 40.8 Å². The average Bonchev–Trinajstić information content (AvgIpc) is 3.13. The first-order valence-electron chi connectivity index (χ1n) is 7.80. The fourth-order valence-corrected chi connectivity index (χ4v) is 3.91. The van der Waals surface area contributed by atoms with E-state index in [1.54, 1.807) is 17.5 Å². The number of piperidine rings is 1. The largest absolute Gasteiger partial charge is 0.342 e. The molecule has 3 heterocycles. The summed E-state index contributed by atoms with van der Waals surface area (Å²) in [6.07, 6.45) is 7.24. The maximum atomic E-state index is 12.5. The predicted molar refractivity (Wildman–Crippen MR) is 86.9 cm³/mol. The molecule has 0 bridgehead atoms. The van der Waals surface area contributed by atoms with Gasteiger partial charge in [-0.15, -0.1) is 11.3 Å². The Morgan fingerprint density at radius 1 is 1.50 bits per heavy atom. The number of hydrogen-bond acceptors (Lipinski definition) is 4. The van der Waals surface area contributed by atoms with Crippen LogP contribution >= 0.6 is 11.3 Å². The van der Waals surface area contributed by atoms with Crippen molar-refractivity contribution in [3.63, 3.8) is 0 Å². The summed E-state index contributed by atoms with van der Waals surface area (Å²) in [6.45, 7) is 3.78. The van der Waals surface area contributed by atoms with E-state index >= 15 is 0 Å². The lowest BCUT2D eigenvalue weighted by atomic mass is 9.98. The van der Waals surface area contributed by atoms with Crippen molar-refractivity contribution < 1.29 is 4.79 Å². The van der Waals surface area contributed by atoms with Crippen molar-refractivity contribution in [3.05, 3.63) is 34.0 Å². The van der Waals surface area contributed by atoms with Crippen molar-refractivity contribution in [2.75, 3.05) is 13.1 Å². The van der Waals surface area contributed by atoms with E-state index in [2.05, 4.69) is 17.0 Å². The minimum Gasteiger partial charge on any atom is -0.342 e. The highest BCUT2D eigenvalue weighted by molar-refractivity contribution is 7.11. The third-order valence-electron chi connectivity index (χ3n) is 4.28. The van der Waals surface area contributed by atoms with Crippen LogP contribution in [0.4, 0.5) is 0 Å². The maximum absolute atomic E-state index is 12.5. The van der Waals surface area contributed by atoms with Gasteiger partial charge in [0.05, 0.1) is 5.01 Å². The van der Waals surface area contributed by atoms with Gasteiger partial charge in [0.1, 0.15) is 0 Å². The average molecular weight is 318 g/mol. The van der Waals surface area contributed by atoms with Gasteiger partial charge in [0, 0.05) is 55.4 Å². The third kappa shape index (κ3) is 3.38. The zero-order chi connectivity index (χ0) is 15.5. The third-order valence-corrected chi connectivity index (χ3v) is 5.36. The molecule has 22 heavy (non-hydrogen) atoms. The van der Waals surface area contributed by atoms with E-state index in [1.807, 2.05) is 28.9 Å². The molecule has 0 unspecified atom stereocenters. The molecule has 0 aromatic carbocycles. The maximum Gasteiger partial charge on any atom is 0.222 e. The molecule has 0 aliphatic carbocycles. The summed E-state index contributed by atoms with van der Waals surface area (Å²) < 4.78 is 1.84. The SMILES string of the molecule is Cc1cnc([C@@H]2CCCN(C(=O)CCc3ccnn3C)C2)s1. The molecule has 1 fully saturated rings. The van der Waals surface area contributed by atoms with Gasteiger partial charge in [-0.1, -0.05) is 0 Å². The lowest BCUT2D eigenvalue weighted by Crippen LogP contribution is -2.39. The molecular weight excluding hydrogens is 296 g/mol. The highest BCUT2D eigenvalue weighted by Gasteiger charge is 2.26. The summed E-state index contributed by atoms with van der Waals surface area (Å²) in [4.78, 5) is 20.2. The molecule has 6 heteroatoms. The Hall–Kier alpha value is -1.69. The van der Waals surface area contributed by atoms with E-state index in [4.69, 9.17) is 0 Å². The molecule has 0 N–H and O–H groups in total. The number of likely N-dealkylation sites (tertiary alicyclic amines) is 1. The fourth-order valence-electron chi connectivity index (χ4n) is 3.01. The van der Waals surface area contributed by atoms with E-state index in [0.29, 0.717) is 12.3 Å². The monoisotopic (exact) mass is 318 g/mol. The summed E-state index contributed by atoms with van der Waals surface area (Å²) in [5, 5.41) is 5.33. The molecule has 1 aliphatic rings. The molecule has 5 nitrogen and oxygen atoms in total. The van der Waals surface area contributed by atoms with E-state index < -0.39 is 0 Å². The molecule has 1 atom stereocenters. The number of hydrogen-bond donors (Lipinski definition) is 0.